The zero-order valence-corrected chi connectivity index (χ0v) is 21.5. The molecule has 2 unspecified atom stereocenters. The molecule has 2 amide bonds. The molecule has 0 spiro atoms. The summed E-state index contributed by atoms with van der Waals surface area (Å²) in [6, 6.07) is 11.7. The van der Waals surface area contributed by atoms with E-state index in [2.05, 4.69) is 20.5 Å². The molecule has 1 aromatic heterocycles. The number of carbonyl (C=O) groups excluding carboxylic acids is 2. The van der Waals surface area contributed by atoms with Gasteiger partial charge >= 0.3 is 18.2 Å². The molecule has 2 atom stereocenters. The quantitative estimate of drug-likeness (QED) is 0.227. The van der Waals surface area contributed by atoms with E-state index in [1.54, 1.807) is 6.07 Å². The van der Waals surface area contributed by atoms with Crippen LogP contribution in [0.5, 0.6) is 0 Å². The summed E-state index contributed by atoms with van der Waals surface area (Å²) in [7, 11) is 0. The second kappa shape index (κ2) is 13.2. The fourth-order valence-corrected chi connectivity index (χ4v) is 3.65. The number of halogens is 7. The van der Waals surface area contributed by atoms with E-state index in [9.17, 15) is 45.8 Å². The van der Waals surface area contributed by atoms with Gasteiger partial charge < -0.3 is 15.7 Å². The zero-order valence-electron chi connectivity index (χ0n) is 20.7. The molecule has 3 aromatic rings. The second-order valence-electron chi connectivity index (χ2n) is 8.44. The lowest BCUT2D eigenvalue weighted by atomic mass is 10.1. The number of aromatic nitrogens is 3. The van der Waals surface area contributed by atoms with Crippen molar-refractivity contribution in [2.24, 2.45) is 0 Å². The van der Waals surface area contributed by atoms with Crippen molar-refractivity contribution in [2.75, 3.05) is 13.2 Å². The Kier molecular flexibility index (Phi) is 10.2. The molecule has 10 nitrogen and oxygen atoms in total. The van der Waals surface area contributed by atoms with Crippen molar-refractivity contribution in [2.45, 2.75) is 37.8 Å². The molecular formula is C24H22ClF6N5O5. The Morgan fingerprint density at radius 1 is 1.02 bits per heavy atom. The first-order valence-corrected chi connectivity index (χ1v) is 12.0. The fourth-order valence-electron chi connectivity index (χ4n) is 3.53. The predicted octanol–water partition coefficient (Wildman–Crippen LogP) is 2.80. The number of hydrogen-bond donors (Lipinski definition) is 3. The fraction of sp³-hybridized carbons (Fsp3) is 0.333. The number of ether oxygens (including phenoxy) is 1. The van der Waals surface area contributed by atoms with E-state index >= 15 is 0 Å². The van der Waals surface area contributed by atoms with Gasteiger partial charge in [-0.1, -0.05) is 41.9 Å². The van der Waals surface area contributed by atoms with Gasteiger partial charge in [0.15, 0.2) is 11.9 Å². The molecular weight excluding hydrogens is 588 g/mol. The average Bonchev–Trinajstić information content (AvgIpc) is 3.19. The maximum Gasteiger partial charge on any atom is 0.522 e. The number of amides is 2. The number of rotatable bonds is 11. The Morgan fingerprint density at radius 2 is 1.66 bits per heavy atom. The van der Waals surface area contributed by atoms with E-state index < -0.39 is 68.4 Å². The summed E-state index contributed by atoms with van der Waals surface area (Å²) in [6.45, 7) is -3.53. The maximum atomic E-state index is 13.0. The van der Waals surface area contributed by atoms with Crippen molar-refractivity contribution in [3.63, 3.8) is 0 Å². The maximum absolute atomic E-state index is 13.0. The smallest absolute Gasteiger partial charge is 0.382 e. The van der Waals surface area contributed by atoms with Gasteiger partial charge in [-0.2, -0.15) is 13.2 Å². The topological polar surface area (TPSA) is 127 Å². The van der Waals surface area contributed by atoms with Crippen LogP contribution in [0.3, 0.4) is 0 Å². The zero-order chi connectivity index (χ0) is 30.4. The second-order valence-corrected chi connectivity index (χ2v) is 8.87. The van der Waals surface area contributed by atoms with Crippen LogP contribution < -0.4 is 16.3 Å². The molecule has 3 N–H and O–H groups in total. The van der Waals surface area contributed by atoms with Crippen molar-refractivity contribution in [1.82, 2.24) is 25.0 Å². The molecule has 0 saturated carbocycles. The van der Waals surface area contributed by atoms with Gasteiger partial charge in [0.2, 0.25) is 11.8 Å². The first kappa shape index (κ1) is 31.6. The van der Waals surface area contributed by atoms with Crippen molar-refractivity contribution >= 4 is 23.4 Å². The van der Waals surface area contributed by atoms with Gasteiger partial charge in [0, 0.05) is 17.1 Å². The molecule has 3 rings (SSSR count). The number of hydrogen-bond acceptors (Lipinski definition) is 6. The summed E-state index contributed by atoms with van der Waals surface area (Å²) >= 11 is 5.85. The lowest BCUT2D eigenvalue weighted by Gasteiger charge is -2.19. The Bertz CT molecular complexity index is 1390. The summed E-state index contributed by atoms with van der Waals surface area (Å²) in [5.41, 5.74) is -0.774. The first-order valence-electron chi connectivity index (χ1n) is 11.7. The van der Waals surface area contributed by atoms with Gasteiger partial charge in [-0.3, -0.25) is 18.9 Å². The van der Waals surface area contributed by atoms with E-state index in [-0.39, 0.29) is 22.0 Å². The Hall–Kier alpha value is -3.89. The van der Waals surface area contributed by atoms with Gasteiger partial charge in [-0.05, 0) is 29.8 Å². The largest absolute Gasteiger partial charge is 0.522 e. The number of nitrogens with zero attached hydrogens (tertiary/aromatic N) is 3. The summed E-state index contributed by atoms with van der Waals surface area (Å²) in [4.78, 5) is 38.6. The highest BCUT2D eigenvalue weighted by molar-refractivity contribution is 6.30. The molecule has 41 heavy (non-hydrogen) atoms. The van der Waals surface area contributed by atoms with Crippen LogP contribution in [0, 0.1) is 0 Å². The lowest BCUT2D eigenvalue weighted by molar-refractivity contribution is -0.323. The first-order chi connectivity index (χ1) is 19.2. The number of alkyl halides is 6. The third-order valence-corrected chi connectivity index (χ3v) is 5.67. The molecule has 0 radical (unpaired) electrons. The van der Waals surface area contributed by atoms with E-state index in [0.29, 0.717) is 9.25 Å². The van der Waals surface area contributed by atoms with Crippen LogP contribution in [0.15, 0.2) is 59.4 Å². The molecule has 2 aromatic carbocycles. The van der Waals surface area contributed by atoms with E-state index in [4.69, 9.17) is 11.6 Å². The van der Waals surface area contributed by atoms with Gasteiger partial charge in [0.05, 0.1) is 13.2 Å². The monoisotopic (exact) mass is 609 g/mol. The highest BCUT2D eigenvalue weighted by atomic mass is 35.5. The standard InChI is InChI=1S/C24H22ClF6N5O5/c25-16-8-6-15(7-9-16)20-34-36(22(40)35(20)12-17(37)23(26,27)28)13-18(38)33-19(14-4-2-1-3-5-14)21(39)32-10-11-41-24(29,30)31/h1-9,17,19,37H,10-13H2,(H,32,39)(H,33,38). The highest BCUT2D eigenvalue weighted by Crippen LogP contribution is 2.24. The molecule has 17 heteroatoms. The highest BCUT2D eigenvalue weighted by Gasteiger charge is 2.39. The van der Waals surface area contributed by atoms with Crippen LogP contribution in [0.1, 0.15) is 11.6 Å². The van der Waals surface area contributed by atoms with Crippen molar-refractivity contribution in [1.29, 1.82) is 0 Å². The number of aliphatic hydroxyl groups excluding tert-OH is 1. The van der Waals surface area contributed by atoms with Crippen LogP contribution in [0.4, 0.5) is 26.3 Å². The summed E-state index contributed by atoms with van der Waals surface area (Å²) in [6.07, 6.45) is -12.9. The van der Waals surface area contributed by atoms with E-state index in [0.717, 1.165) is 0 Å². The molecule has 0 aliphatic heterocycles. The molecule has 0 aliphatic rings. The van der Waals surface area contributed by atoms with Crippen LogP contribution in [0.2, 0.25) is 5.02 Å². The van der Waals surface area contributed by atoms with Crippen LogP contribution >= 0.6 is 11.6 Å². The van der Waals surface area contributed by atoms with Crippen LogP contribution in [-0.2, 0) is 27.4 Å². The van der Waals surface area contributed by atoms with Gasteiger partial charge in [-0.25, -0.2) is 9.48 Å². The minimum absolute atomic E-state index is 0.155. The predicted molar refractivity (Wildman–Crippen MR) is 131 cm³/mol. The summed E-state index contributed by atoms with van der Waals surface area (Å²) in [5.74, 6) is -2.18. The summed E-state index contributed by atoms with van der Waals surface area (Å²) in [5, 5.41) is 18.3. The number of carbonyl (C=O) groups is 2. The van der Waals surface area contributed by atoms with Gasteiger partial charge in [-0.15, -0.1) is 18.3 Å². The molecule has 0 fully saturated rings. The number of nitrogens with one attached hydrogen (secondary N) is 2. The van der Waals surface area contributed by atoms with E-state index in [1.807, 2.05) is 0 Å². The Labute approximate surface area is 232 Å². The lowest BCUT2D eigenvalue weighted by Crippen LogP contribution is -2.43. The third-order valence-electron chi connectivity index (χ3n) is 5.42. The number of aliphatic hydroxyl groups is 1. The molecule has 1 heterocycles. The van der Waals surface area contributed by atoms with Crippen molar-refractivity contribution < 1.29 is 45.8 Å². The molecule has 0 aliphatic carbocycles. The van der Waals surface area contributed by atoms with E-state index in [1.165, 1.54) is 48.5 Å². The molecule has 222 valence electrons. The third kappa shape index (κ3) is 9.06. The Balaban J connectivity index is 1.84. The van der Waals surface area contributed by atoms with Crippen molar-refractivity contribution in [3.05, 3.63) is 75.7 Å². The summed E-state index contributed by atoms with van der Waals surface area (Å²) < 4.78 is 80.4. The minimum atomic E-state index is -5.06. The van der Waals surface area contributed by atoms with Crippen LogP contribution in [-0.4, -0.2) is 63.1 Å². The average molecular weight is 610 g/mol. The number of benzene rings is 2. The SMILES string of the molecule is O=C(Cn1nc(-c2ccc(Cl)cc2)n(CC(O)C(F)(F)F)c1=O)NC(C(=O)NCCOC(F)(F)F)c1ccccc1. The minimum Gasteiger partial charge on any atom is -0.382 e. The van der Waals surface area contributed by atoms with Crippen LogP contribution in [0.25, 0.3) is 11.4 Å². The molecule has 0 bridgehead atoms. The van der Waals surface area contributed by atoms with Gasteiger partial charge in [0.25, 0.3) is 0 Å². The normalized spacial score (nSPS) is 13.5. The molecule has 0 saturated heterocycles. The van der Waals surface area contributed by atoms with Gasteiger partial charge in [0.1, 0.15) is 12.6 Å². The Morgan fingerprint density at radius 3 is 2.24 bits per heavy atom. The van der Waals surface area contributed by atoms with Crippen molar-refractivity contribution in [3.8, 4) is 11.4 Å².